The third-order valence-electron chi connectivity index (χ3n) is 2.77. The minimum absolute atomic E-state index is 0.0519. The molecular formula is C15H14BrNO2. The van der Waals surface area contributed by atoms with Crippen LogP contribution in [-0.4, -0.2) is 11.1 Å². The molecule has 0 saturated heterocycles. The molecule has 2 aromatic rings. The molecule has 0 aliphatic heterocycles. The predicted molar refractivity (Wildman–Crippen MR) is 79.3 cm³/mol. The second-order valence-corrected chi connectivity index (χ2v) is 5.12. The lowest BCUT2D eigenvalue weighted by Crippen LogP contribution is -2.07. The van der Waals surface area contributed by atoms with Crippen LogP contribution in [0.25, 0.3) is 0 Å². The zero-order valence-electron chi connectivity index (χ0n) is 10.3. The fourth-order valence-electron chi connectivity index (χ4n) is 1.86. The quantitative estimate of drug-likeness (QED) is 0.883. The summed E-state index contributed by atoms with van der Waals surface area (Å²) in [5, 5.41) is 12.2. The van der Waals surface area contributed by atoms with Gasteiger partial charge in [0, 0.05) is 16.7 Å². The lowest BCUT2D eigenvalue weighted by Gasteiger charge is -2.10. The van der Waals surface area contributed by atoms with Crippen molar-refractivity contribution in [3.05, 3.63) is 64.1 Å². The van der Waals surface area contributed by atoms with Crippen LogP contribution >= 0.6 is 15.9 Å². The van der Waals surface area contributed by atoms with Crippen LogP contribution in [0.2, 0.25) is 0 Å². The van der Waals surface area contributed by atoms with E-state index in [1.54, 1.807) is 0 Å². The second-order valence-electron chi connectivity index (χ2n) is 4.20. The fraction of sp³-hybridized carbons (Fsp3) is 0.133. The number of rotatable bonds is 5. The third kappa shape index (κ3) is 4.10. The van der Waals surface area contributed by atoms with E-state index in [-0.39, 0.29) is 6.42 Å². The lowest BCUT2D eigenvalue weighted by atomic mass is 10.0. The predicted octanol–water partition coefficient (Wildman–Crippen LogP) is 3.69. The first-order chi connectivity index (χ1) is 9.15. The van der Waals surface area contributed by atoms with Crippen molar-refractivity contribution < 1.29 is 9.90 Å². The number of nitrogens with one attached hydrogen (secondary N) is 1. The molecule has 19 heavy (non-hydrogen) atoms. The summed E-state index contributed by atoms with van der Waals surface area (Å²) in [5.41, 5.74) is 2.85. The molecule has 0 bridgehead atoms. The van der Waals surface area contributed by atoms with Crippen molar-refractivity contribution in [3.8, 4) is 0 Å². The molecule has 0 amide bonds. The van der Waals surface area contributed by atoms with Gasteiger partial charge >= 0.3 is 5.97 Å². The van der Waals surface area contributed by atoms with Gasteiger partial charge < -0.3 is 10.4 Å². The van der Waals surface area contributed by atoms with E-state index in [1.165, 1.54) is 0 Å². The van der Waals surface area contributed by atoms with Crippen LogP contribution in [0.1, 0.15) is 11.1 Å². The summed E-state index contributed by atoms with van der Waals surface area (Å²) in [6, 6.07) is 15.5. The summed E-state index contributed by atoms with van der Waals surface area (Å²) in [7, 11) is 0. The first-order valence-corrected chi connectivity index (χ1v) is 6.72. The van der Waals surface area contributed by atoms with Gasteiger partial charge in [0.2, 0.25) is 0 Å². The van der Waals surface area contributed by atoms with Gasteiger partial charge in [-0.15, -0.1) is 0 Å². The molecule has 0 aromatic heterocycles. The van der Waals surface area contributed by atoms with Crippen molar-refractivity contribution in [1.82, 2.24) is 0 Å². The van der Waals surface area contributed by atoms with E-state index in [2.05, 4.69) is 21.2 Å². The van der Waals surface area contributed by atoms with Crippen molar-refractivity contribution in [1.29, 1.82) is 0 Å². The number of hydrogen-bond acceptors (Lipinski definition) is 2. The number of carbonyl (C=O) groups is 1. The molecule has 0 aliphatic rings. The normalized spacial score (nSPS) is 10.2. The molecule has 3 nitrogen and oxygen atoms in total. The van der Waals surface area contributed by atoms with E-state index in [4.69, 9.17) is 5.11 Å². The Bertz CT molecular complexity index is 584. The van der Waals surface area contributed by atoms with Crippen molar-refractivity contribution in [2.45, 2.75) is 13.0 Å². The Kier molecular flexibility index (Phi) is 4.58. The van der Waals surface area contributed by atoms with Gasteiger partial charge in [-0.05, 0) is 29.3 Å². The molecular weight excluding hydrogens is 306 g/mol. The van der Waals surface area contributed by atoms with Crippen LogP contribution in [0.4, 0.5) is 5.69 Å². The van der Waals surface area contributed by atoms with Gasteiger partial charge in [0.25, 0.3) is 0 Å². The summed E-state index contributed by atoms with van der Waals surface area (Å²) >= 11 is 3.42. The Morgan fingerprint density at radius 3 is 2.53 bits per heavy atom. The Morgan fingerprint density at radius 1 is 1.11 bits per heavy atom. The summed E-state index contributed by atoms with van der Waals surface area (Å²) in [4.78, 5) is 10.8. The highest BCUT2D eigenvalue weighted by atomic mass is 79.9. The standard InChI is InChI=1S/C15H14BrNO2/c16-13-6-3-7-14(9-13)17-10-12-5-2-1-4-11(12)8-15(18)19/h1-7,9,17H,8,10H2,(H,18,19). The summed E-state index contributed by atoms with van der Waals surface area (Å²) in [5.74, 6) is -0.810. The largest absolute Gasteiger partial charge is 0.481 e. The van der Waals surface area contributed by atoms with Crippen molar-refractivity contribution in [2.24, 2.45) is 0 Å². The summed E-state index contributed by atoms with van der Waals surface area (Å²) in [6.45, 7) is 0.611. The molecule has 0 spiro atoms. The number of carboxylic acids is 1. The summed E-state index contributed by atoms with van der Waals surface area (Å²) in [6.07, 6.45) is 0.0519. The molecule has 0 saturated carbocycles. The maximum atomic E-state index is 10.8. The van der Waals surface area contributed by atoms with Crippen molar-refractivity contribution in [3.63, 3.8) is 0 Å². The molecule has 0 aliphatic carbocycles. The van der Waals surface area contributed by atoms with Gasteiger partial charge in [-0.1, -0.05) is 46.3 Å². The van der Waals surface area contributed by atoms with Crippen LogP contribution in [0.5, 0.6) is 0 Å². The van der Waals surface area contributed by atoms with Gasteiger partial charge in [-0.3, -0.25) is 4.79 Å². The SMILES string of the molecule is O=C(O)Cc1ccccc1CNc1cccc(Br)c1. The van der Waals surface area contributed by atoms with E-state index < -0.39 is 5.97 Å². The van der Waals surface area contributed by atoms with E-state index in [1.807, 2.05) is 48.5 Å². The summed E-state index contributed by atoms with van der Waals surface area (Å²) < 4.78 is 1.01. The zero-order chi connectivity index (χ0) is 13.7. The number of carboxylic acid groups (broad SMARTS) is 1. The highest BCUT2D eigenvalue weighted by Gasteiger charge is 2.05. The van der Waals surface area contributed by atoms with Crippen LogP contribution in [0, 0.1) is 0 Å². The molecule has 0 unspecified atom stereocenters. The van der Waals surface area contributed by atoms with Gasteiger partial charge in [0.1, 0.15) is 0 Å². The van der Waals surface area contributed by atoms with Crippen LogP contribution < -0.4 is 5.32 Å². The van der Waals surface area contributed by atoms with Crippen molar-refractivity contribution >= 4 is 27.6 Å². The van der Waals surface area contributed by atoms with E-state index in [0.29, 0.717) is 6.54 Å². The van der Waals surface area contributed by atoms with Gasteiger partial charge in [0.15, 0.2) is 0 Å². The third-order valence-corrected chi connectivity index (χ3v) is 3.26. The van der Waals surface area contributed by atoms with Crippen LogP contribution in [0.3, 0.4) is 0 Å². The van der Waals surface area contributed by atoms with E-state index in [0.717, 1.165) is 21.3 Å². The smallest absolute Gasteiger partial charge is 0.307 e. The van der Waals surface area contributed by atoms with Crippen LogP contribution in [0.15, 0.2) is 53.0 Å². The number of anilines is 1. The fourth-order valence-corrected chi connectivity index (χ4v) is 2.26. The van der Waals surface area contributed by atoms with Gasteiger partial charge in [0.05, 0.1) is 6.42 Å². The van der Waals surface area contributed by atoms with Gasteiger partial charge in [-0.25, -0.2) is 0 Å². The molecule has 0 radical (unpaired) electrons. The Labute approximate surface area is 120 Å². The molecule has 2 rings (SSSR count). The highest BCUT2D eigenvalue weighted by Crippen LogP contribution is 2.17. The Hall–Kier alpha value is -1.81. The van der Waals surface area contributed by atoms with Crippen molar-refractivity contribution in [2.75, 3.05) is 5.32 Å². The van der Waals surface area contributed by atoms with Crippen LogP contribution in [-0.2, 0) is 17.8 Å². The maximum Gasteiger partial charge on any atom is 0.307 e. The Balaban J connectivity index is 2.09. The maximum absolute atomic E-state index is 10.8. The van der Waals surface area contributed by atoms with E-state index in [9.17, 15) is 4.79 Å². The molecule has 0 heterocycles. The minimum atomic E-state index is -0.810. The number of hydrogen-bond donors (Lipinski definition) is 2. The monoisotopic (exact) mass is 319 g/mol. The second kappa shape index (κ2) is 6.38. The molecule has 2 aromatic carbocycles. The minimum Gasteiger partial charge on any atom is -0.481 e. The molecule has 0 atom stereocenters. The highest BCUT2D eigenvalue weighted by molar-refractivity contribution is 9.10. The molecule has 98 valence electrons. The molecule has 4 heteroatoms. The lowest BCUT2D eigenvalue weighted by molar-refractivity contribution is -0.136. The zero-order valence-corrected chi connectivity index (χ0v) is 11.9. The number of halogens is 1. The Morgan fingerprint density at radius 2 is 1.84 bits per heavy atom. The molecule has 0 fully saturated rings. The number of benzene rings is 2. The first-order valence-electron chi connectivity index (χ1n) is 5.93. The first kappa shape index (κ1) is 13.6. The van der Waals surface area contributed by atoms with Gasteiger partial charge in [-0.2, -0.15) is 0 Å². The molecule has 2 N–H and O–H groups in total. The average molecular weight is 320 g/mol. The number of aliphatic carboxylic acids is 1. The van der Waals surface area contributed by atoms with E-state index >= 15 is 0 Å². The average Bonchev–Trinajstić information content (AvgIpc) is 2.37. The topological polar surface area (TPSA) is 49.3 Å².